The van der Waals surface area contributed by atoms with Gasteiger partial charge in [0.2, 0.25) is 0 Å². The van der Waals surface area contributed by atoms with Crippen molar-refractivity contribution >= 4 is 41.2 Å². The quantitative estimate of drug-likeness (QED) is 0.310. The molecule has 1 heterocycles. The number of nitrogens with one attached hydrogen (secondary N) is 1. The van der Waals surface area contributed by atoms with Gasteiger partial charge in [0.15, 0.2) is 11.5 Å². The minimum atomic E-state index is -0.836. The summed E-state index contributed by atoms with van der Waals surface area (Å²) in [5.41, 5.74) is 4.83. The summed E-state index contributed by atoms with van der Waals surface area (Å²) < 4.78 is 11.8. The Morgan fingerprint density at radius 3 is 2.32 bits per heavy atom. The summed E-state index contributed by atoms with van der Waals surface area (Å²) in [7, 11) is 0. The number of anilines is 1. The smallest absolute Gasteiger partial charge is 0.335 e. The fourth-order valence-corrected chi connectivity index (χ4v) is 4.01. The van der Waals surface area contributed by atoms with E-state index in [1.165, 1.54) is 23.3 Å². The van der Waals surface area contributed by atoms with Crippen LogP contribution in [-0.2, 0) is 16.2 Å². The molecule has 37 heavy (non-hydrogen) atoms. The van der Waals surface area contributed by atoms with Gasteiger partial charge in [-0.15, -0.1) is 0 Å². The molecular formula is C29H27ClN2O5. The van der Waals surface area contributed by atoms with Crippen molar-refractivity contribution in [3.05, 3.63) is 93.0 Å². The largest absolute Gasteiger partial charge is 0.490 e. The molecule has 0 atom stereocenters. The maximum atomic E-state index is 13.2. The van der Waals surface area contributed by atoms with E-state index in [9.17, 15) is 14.4 Å². The molecule has 1 fully saturated rings. The lowest BCUT2D eigenvalue weighted by Crippen LogP contribution is -2.54. The van der Waals surface area contributed by atoms with Crippen molar-refractivity contribution in [3.8, 4) is 11.5 Å². The summed E-state index contributed by atoms with van der Waals surface area (Å²) in [6.07, 6.45) is 1.42. The van der Waals surface area contributed by atoms with Crippen LogP contribution in [0.15, 0.2) is 60.2 Å². The molecule has 7 nitrogen and oxygen atoms in total. The van der Waals surface area contributed by atoms with Crippen molar-refractivity contribution in [2.75, 3.05) is 11.5 Å². The van der Waals surface area contributed by atoms with E-state index in [2.05, 4.69) is 31.3 Å². The van der Waals surface area contributed by atoms with E-state index in [0.29, 0.717) is 35.3 Å². The second kappa shape index (κ2) is 10.9. The minimum absolute atomic E-state index is 0.192. The number of imide groups is 2. The molecule has 1 aliphatic heterocycles. The number of amides is 4. The first-order valence-corrected chi connectivity index (χ1v) is 12.2. The molecule has 190 valence electrons. The van der Waals surface area contributed by atoms with E-state index >= 15 is 0 Å². The van der Waals surface area contributed by atoms with Crippen LogP contribution in [-0.4, -0.2) is 24.5 Å². The third kappa shape index (κ3) is 5.67. The number of aryl methyl sites for hydroxylation is 3. The lowest BCUT2D eigenvalue weighted by atomic mass is 10.1. The van der Waals surface area contributed by atoms with Gasteiger partial charge in [-0.05, 0) is 85.9 Å². The molecule has 0 bridgehead atoms. The van der Waals surface area contributed by atoms with Crippen LogP contribution in [0.2, 0.25) is 5.02 Å². The summed E-state index contributed by atoms with van der Waals surface area (Å²) in [6, 6.07) is 15.3. The van der Waals surface area contributed by atoms with Crippen LogP contribution < -0.4 is 19.7 Å². The first kappa shape index (κ1) is 26.0. The van der Waals surface area contributed by atoms with Crippen LogP contribution in [0.25, 0.3) is 6.08 Å². The molecule has 1 aliphatic rings. The monoisotopic (exact) mass is 518 g/mol. The zero-order valence-electron chi connectivity index (χ0n) is 21.1. The topological polar surface area (TPSA) is 84.9 Å². The van der Waals surface area contributed by atoms with Gasteiger partial charge in [0.1, 0.15) is 12.2 Å². The molecule has 1 N–H and O–H groups in total. The predicted molar refractivity (Wildman–Crippen MR) is 143 cm³/mol. The standard InChI is InChI=1S/C29H27ClN2O5/c1-5-36-26-14-20(9-11-25(26)37-16-21-8-6-17(2)19(4)12-21)13-23-27(33)31-29(35)32(28(23)34)22-10-7-18(3)24(30)15-22/h6-15H,5,16H2,1-4H3,(H,31,33,35)/b23-13+. The maximum Gasteiger partial charge on any atom is 0.335 e. The number of rotatable bonds is 7. The van der Waals surface area contributed by atoms with Gasteiger partial charge >= 0.3 is 6.03 Å². The molecule has 1 saturated heterocycles. The Morgan fingerprint density at radius 1 is 0.865 bits per heavy atom. The van der Waals surface area contributed by atoms with Gasteiger partial charge in [-0.3, -0.25) is 14.9 Å². The van der Waals surface area contributed by atoms with Crippen molar-refractivity contribution in [1.82, 2.24) is 5.32 Å². The lowest BCUT2D eigenvalue weighted by molar-refractivity contribution is -0.122. The van der Waals surface area contributed by atoms with E-state index in [1.54, 1.807) is 30.3 Å². The molecule has 0 unspecified atom stereocenters. The number of ether oxygens (including phenoxy) is 2. The van der Waals surface area contributed by atoms with Crippen molar-refractivity contribution in [2.45, 2.75) is 34.3 Å². The molecule has 0 aliphatic carbocycles. The molecular weight excluding hydrogens is 492 g/mol. The SMILES string of the molecule is CCOc1cc(/C=C2\C(=O)NC(=O)N(c3ccc(C)c(Cl)c3)C2=O)ccc1OCc1ccc(C)c(C)c1. The second-order valence-electron chi connectivity index (χ2n) is 8.74. The van der Waals surface area contributed by atoms with Crippen LogP contribution in [0, 0.1) is 20.8 Å². The molecule has 0 spiro atoms. The zero-order valence-corrected chi connectivity index (χ0v) is 21.8. The van der Waals surface area contributed by atoms with Crippen LogP contribution in [0.5, 0.6) is 11.5 Å². The van der Waals surface area contributed by atoms with E-state index in [1.807, 2.05) is 19.9 Å². The Labute approximate surface area is 220 Å². The third-order valence-corrected chi connectivity index (χ3v) is 6.47. The Kier molecular flexibility index (Phi) is 7.64. The molecule has 8 heteroatoms. The fourth-order valence-electron chi connectivity index (χ4n) is 3.84. The van der Waals surface area contributed by atoms with Crippen LogP contribution in [0.4, 0.5) is 10.5 Å². The van der Waals surface area contributed by atoms with Gasteiger partial charge in [-0.2, -0.15) is 0 Å². The zero-order chi connectivity index (χ0) is 26.7. The Morgan fingerprint density at radius 2 is 1.62 bits per heavy atom. The first-order chi connectivity index (χ1) is 17.7. The van der Waals surface area contributed by atoms with Crippen molar-refractivity contribution in [2.24, 2.45) is 0 Å². The molecule has 4 rings (SSSR count). The van der Waals surface area contributed by atoms with Gasteiger partial charge in [-0.25, -0.2) is 9.69 Å². The van der Waals surface area contributed by atoms with Gasteiger partial charge in [0.25, 0.3) is 11.8 Å². The van der Waals surface area contributed by atoms with Crippen molar-refractivity contribution in [3.63, 3.8) is 0 Å². The normalized spacial score (nSPS) is 14.7. The number of halogens is 1. The molecule has 0 aromatic heterocycles. The van der Waals surface area contributed by atoms with Crippen LogP contribution >= 0.6 is 11.6 Å². The maximum absolute atomic E-state index is 13.2. The molecule has 0 saturated carbocycles. The molecule has 0 radical (unpaired) electrons. The summed E-state index contributed by atoms with van der Waals surface area (Å²) in [5, 5.41) is 2.62. The highest BCUT2D eigenvalue weighted by Crippen LogP contribution is 2.31. The number of hydrogen-bond donors (Lipinski definition) is 1. The molecule has 3 aromatic carbocycles. The van der Waals surface area contributed by atoms with Gasteiger partial charge < -0.3 is 9.47 Å². The number of carbonyl (C=O) groups is 3. The molecule has 4 amide bonds. The highest BCUT2D eigenvalue weighted by molar-refractivity contribution is 6.39. The number of hydrogen-bond acceptors (Lipinski definition) is 5. The van der Waals surface area contributed by atoms with Gasteiger partial charge in [0.05, 0.1) is 12.3 Å². The van der Waals surface area contributed by atoms with E-state index in [4.69, 9.17) is 21.1 Å². The molecule has 3 aromatic rings. The highest BCUT2D eigenvalue weighted by Gasteiger charge is 2.37. The summed E-state index contributed by atoms with van der Waals surface area (Å²) in [6.45, 7) is 8.53. The van der Waals surface area contributed by atoms with Gasteiger partial charge in [-0.1, -0.05) is 41.9 Å². The predicted octanol–water partition coefficient (Wildman–Crippen LogP) is 5.91. The third-order valence-electron chi connectivity index (χ3n) is 6.06. The minimum Gasteiger partial charge on any atom is -0.490 e. The van der Waals surface area contributed by atoms with Crippen LogP contribution in [0.1, 0.15) is 34.7 Å². The first-order valence-electron chi connectivity index (χ1n) is 11.8. The van der Waals surface area contributed by atoms with E-state index in [0.717, 1.165) is 16.0 Å². The van der Waals surface area contributed by atoms with E-state index in [-0.39, 0.29) is 11.3 Å². The average molecular weight is 519 g/mol. The van der Waals surface area contributed by atoms with Crippen LogP contribution in [0.3, 0.4) is 0 Å². The second-order valence-corrected chi connectivity index (χ2v) is 9.15. The fraction of sp³-hybridized carbons (Fsp3) is 0.207. The average Bonchev–Trinajstić information content (AvgIpc) is 2.85. The van der Waals surface area contributed by atoms with Crippen molar-refractivity contribution in [1.29, 1.82) is 0 Å². The van der Waals surface area contributed by atoms with Gasteiger partial charge in [0, 0.05) is 5.02 Å². The summed E-state index contributed by atoms with van der Waals surface area (Å²) >= 11 is 6.19. The number of nitrogens with zero attached hydrogens (tertiary/aromatic N) is 1. The number of carbonyl (C=O) groups excluding carboxylic acids is 3. The number of benzene rings is 3. The summed E-state index contributed by atoms with van der Waals surface area (Å²) in [5.74, 6) is -0.519. The Balaban J connectivity index is 1.61. The summed E-state index contributed by atoms with van der Waals surface area (Å²) in [4.78, 5) is 39.2. The number of barbiturate groups is 1. The van der Waals surface area contributed by atoms with E-state index < -0.39 is 17.8 Å². The highest BCUT2D eigenvalue weighted by atomic mass is 35.5. The Bertz CT molecular complexity index is 1430. The Hall–Kier alpha value is -4.10. The van der Waals surface area contributed by atoms with Crippen molar-refractivity contribution < 1.29 is 23.9 Å². The number of urea groups is 1. The lowest BCUT2D eigenvalue weighted by Gasteiger charge is -2.26.